The van der Waals surface area contributed by atoms with Gasteiger partial charge in [0.25, 0.3) is 0 Å². The highest BCUT2D eigenvalue weighted by molar-refractivity contribution is 6.29. The molecule has 9 heteroatoms. The molecule has 1 saturated carbocycles. The Labute approximate surface area is 214 Å². The number of anilines is 1. The third-order valence-electron chi connectivity index (χ3n) is 5.92. The van der Waals surface area contributed by atoms with Crippen molar-refractivity contribution >= 4 is 29.2 Å². The van der Waals surface area contributed by atoms with Crippen LogP contribution in [0.15, 0.2) is 54.9 Å². The van der Waals surface area contributed by atoms with Crippen molar-refractivity contribution in [3.8, 4) is 17.0 Å². The molecular weight excluding hydrogens is 478 g/mol. The van der Waals surface area contributed by atoms with E-state index in [1.807, 2.05) is 63.4 Å². The first-order valence-electron chi connectivity index (χ1n) is 11.9. The standard InChI is InChI=1S/C27H28ClN5O3/c1-27(2,3)36-26(34)32(23-14-22(28)31-25-20(18-11-12-18)15-30-33(23)25)16-17-7-9-19(10-8-17)24-21(35-4)6-5-13-29-24/h5-10,13-15,18H,11-12,16H2,1-4H3. The van der Waals surface area contributed by atoms with Gasteiger partial charge in [0, 0.05) is 23.4 Å². The summed E-state index contributed by atoms with van der Waals surface area (Å²) < 4.78 is 12.9. The van der Waals surface area contributed by atoms with E-state index in [0.29, 0.717) is 28.3 Å². The number of halogens is 1. The topological polar surface area (TPSA) is 81.8 Å². The first-order chi connectivity index (χ1) is 17.2. The number of aromatic nitrogens is 4. The summed E-state index contributed by atoms with van der Waals surface area (Å²) in [6.07, 6.45) is 5.27. The van der Waals surface area contributed by atoms with E-state index in [9.17, 15) is 4.79 Å². The number of hydrogen-bond donors (Lipinski definition) is 0. The van der Waals surface area contributed by atoms with Crippen LogP contribution in [-0.4, -0.2) is 38.4 Å². The fraction of sp³-hybridized carbons (Fsp3) is 0.333. The van der Waals surface area contributed by atoms with Gasteiger partial charge in [-0.1, -0.05) is 35.9 Å². The molecule has 0 radical (unpaired) electrons. The molecule has 0 N–H and O–H groups in total. The van der Waals surface area contributed by atoms with E-state index in [0.717, 1.165) is 35.2 Å². The lowest BCUT2D eigenvalue weighted by atomic mass is 10.1. The van der Waals surface area contributed by atoms with Crippen molar-refractivity contribution in [1.82, 2.24) is 19.6 Å². The first kappa shape index (κ1) is 24.1. The highest BCUT2D eigenvalue weighted by Gasteiger charge is 2.31. The average molecular weight is 506 g/mol. The zero-order valence-electron chi connectivity index (χ0n) is 20.7. The molecule has 0 saturated heterocycles. The molecule has 0 atom stereocenters. The zero-order chi connectivity index (χ0) is 25.4. The lowest BCUT2D eigenvalue weighted by Gasteiger charge is -2.27. The second kappa shape index (κ2) is 9.43. The van der Waals surface area contributed by atoms with Crippen LogP contribution in [0.25, 0.3) is 16.9 Å². The molecule has 0 unspecified atom stereocenters. The molecule has 3 heterocycles. The maximum atomic E-state index is 13.4. The molecule has 1 fully saturated rings. The quantitative estimate of drug-likeness (QED) is 0.287. The van der Waals surface area contributed by atoms with Crippen molar-refractivity contribution in [2.45, 2.75) is 51.7 Å². The highest BCUT2D eigenvalue weighted by atomic mass is 35.5. The normalized spacial score (nSPS) is 13.6. The molecule has 0 spiro atoms. The van der Waals surface area contributed by atoms with Crippen LogP contribution in [0.2, 0.25) is 5.15 Å². The minimum Gasteiger partial charge on any atom is -0.494 e. The Bertz CT molecular complexity index is 1410. The van der Waals surface area contributed by atoms with Crippen molar-refractivity contribution in [2.75, 3.05) is 12.0 Å². The molecule has 8 nitrogen and oxygen atoms in total. The van der Waals surface area contributed by atoms with Gasteiger partial charge in [-0.25, -0.2) is 9.78 Å². The highest BCUT2D eigenvalue weighted by Crippen LogP contribution is 2.42. The monoisotopic (exact) mass is 505 g/mol. The van der Waals surface area contributed by atoms with E-state index < -0.39 is 11.7 Å². The molecule has 1 aromatic carbocycles. The summed E-state index contributed by atoms with van der Waals surface area (Å²) in [5.41, 5.74) is 3.62. The lowest BCUT2D eigenvalue weighted by Crippen LogP contribution is -2.37. The second-order valence-corrected chi connectivity index (χ2v) is 10.3. The SMILES string of the molecule is COc1cccnc1-c1ccc(CN(C(=O)OC(C)(C)C)c2cc(Cl)nc3c(C4CC4)cnn23)cc1. The van der Waals surface area contributed by atoms with Gasteiger partial charge in [-0.15, -0.1) is 0 Å². The Morgan fingerprint density at radius 3 is 2.61 bits per heavy atom. The van der Waals surface area contributed by atoms with Crippen LogP contribution in [0.5, 0.6) is 5.75 Å². The van der Waals surface area contributed by atoms with Crippen LogP contribution in [0.1, 0.15) is 50.7 Å². The number of ether oxygens (including phenoxy) is 2. The van der Waals surface area contributed by atoms with E-state index in [1.165, 1.54) is 0 Å². The van der Waals surface area contributed by atoms with Crippen molar-refractivity contribution in [2.24, 2.45) is 0 Å². The number of hydrogen-bond acceptors (Lipinski definition) is 6. The maximum absolute atomic E-state index is 13.4. The van der Waals surface area contributed by atoms with Gasteiger partial charge >= 0.3 is 6.09 Å². The van der Waals surface area contributed by atoms with Gasteiger partial charge in [0.15, 0.2) is 5.65 Å². The molecule has 186 valence electrons. The molecule has 4 aromatic rings. The molecule has 1 aliphatic rings. The summed E-state index contributed by atoms with van der Waals surface area (Å²) in [6, 6.07) is 13.2. The number of rotatable bonds is 6. The molecule has 3 aromatic heterocycles. The van der Waals surface area contributed by atoms with E-state index >= 15 is 0 Å². The largest absolute Gasteiger partial charge is 0.494 e. The van der Waals surface area contributed by atoms with Gasteiger partial charge in [-0.2, -0.15) is 9.61 Å². The first-order valence-corrected chi connectivity index (χ1v) is 12.2. The van der Waals surface area contributed by atoms with Gasteiger partial charge in [0.2, 0.25) is 0 Å². The Morgan fingerprint density at radius 2 is 1.94 bits per heavy atom. The van der Waals surface area contributed by atoms with Crippen LogP contribution >= 0.6 is 11.6 Å². The molecule has 0 bridgehead atoms. The van der Waals surface area contributed by atoms with E-state index in [-0.39, 0.29) is 6.54 Å². The lowest BCUT2D eigenvalue weighted by molar-refractivity contribution is 0.0575. The summed E-state index contributed by atoms with van der Waals surface area (Å²) in [5, 5.41) is 4.86. The van der Waals surface area contributed by atoms with Crippen LogP contribution in [-0.2, 0) is 11.3 Å². The maximum Gasteiger partial charge on any atom is 0.416 e. The summed E-state index contributed by atoms with van der Waals surface area (Å²) in [5.74, 6) is 1.63. The molecular formula is C27H28ClN5O3. The second-order valence-electron chi connectivity index (χ2n) is 9.86. The summed E-state index contributed by atoms with van der Waals surface area (Å²) in [7, 11) is 1.62. The number of carbonyl (C=O) groups excluding carboxylic acids is 1. The number of carbonyl (C=O) groups is 1. The molecule has 5 rings (SSSR count). The predicted molar refractivity (Wildman–Crippen MR) is 139 cm³/mol. The summed E-state index contributed by atoms with van der Waals surface area (Å²) in [4.78, 5) is 23.9. The average Bonchev–Trinajstić information content (AvgIpc) is 3.60. The third-order valence-corrected chi connectivity index (χ3v) is 6.11. The van der Waals surface area contributed by atoms with Crippen LogP contribution < -0.4 is 9.64 Å². The Hall–Kier alpha value is -3.65. The van der Waals surface area contributed by atoms with Crippen LogP contribution in [0.3, 0.4) is 0 Å². The molecule has 1 amide bonds. The van der Waals surface area contributed by atoms with E-state index in [2.05, 4.69) is 15.1 Å². The Balaban J connectivity index is 1.52. The van der Waals surface area contributed by atoms with Crippen molar-refractivity contribution in [3.63, 3.8) is 0 Å². The summed E-state index contributed by atoms with van der Waals surface area (Å²) in [6.45, 7) is 5.77. The fourth-order valence-corrected chi connectivity index (χ4v) is 4.27. The fourth-order valence-electron chi connectivity index (χ4n) is 4.09. The number of nitrogens with zero attached hydrogens (tertiary/aromatic N) is 5. The number of amides is 1. The number of pyridine rings is 1. The van der Waals surface area contributed by atoms with Crippen molar-refractivity contribution in [1.29, 1.82) is 0 Å². The van der Waals surface area contributed by atoms with Gasteiger partial charge in [0.1, 0.15) is 28.0 Å². The number of benzene rings is 1. The number of methoxy groups -OCH3 is 1. The summed E-state index contributed by atoms with van der Waals surface area (Å²) >= 11 is 6.43. The smallest absolute Gasteiger partial charge is 0.416 e. The van der Waals surface area contributed by atoms with Gasteiger partial charge in [-0.05, 0) is 57.2 Å². The third kappa shape index (κ3) is 4.99. The van der Waals surface area contributed by atoms with Crippen molar-refractivity contribution in [3.05, 3.63) is 71.1 Å². The number of fused-ring (bicyclic) bond motifs is 1. The predicted octanol–water partition coefficient (Wildman–Crippen LogP) is 6.27. The van der Waals surface area contributed by atoms with Crippen molar-refractivity contribution < 1.29 is 14.3 Å². The molecule has 36 heavy (non-hydrogen) atoms. The van der Waals surface area contributed by atoms with E-state index in [1.54, 1.807) is 28.8 Å². The van der Waals surface area contributed by atoms with E-state index in [4.69, 9.17) is 21.1 Å². The van der Waals surface area contributed by atoms with Crippen LogP contribution in [0, 0.1) is 0 Å². The minimum atomic E-state index is -0.673. The zero-order valence-corrected chi connectivity index (χ0v) is 21.5. The van der Waals surface area contributed by atoms with Gasteiger partial charge in [0.05, 0.1) is 19.9 Å². The van der Waals surface area contributed by atoms with Gasteiger partial charge in [-0.3, -0.25) is 9.88 Å². The Kier molecular flexibility index (Phi) is 6.30. The van der Waals surface area contributed by atoms with Crippen LogP contribution in [0.4, 0.5) is 10.6 Å². The Morgan fingerprint density at radius 1 is 1.19 bits per heavy atom. The molecule has 1 aliphatic carbocycles. The van der Waals surface area contributed by atoms with Gasteiger partial charge < -0.3 is 9.47 Å². The molecule has 0 aliphatic heterocycles. The minimum absolute atomic E-state index is 0.253.